The second kappa shape index (κ2) is 9.01. The van der Waals surface area contributed by atoms with Crippen molar-refractivity contribution >= 4 is 27.5 Å². The van der Waals surface area contributed by atoms with Crippen molar-refractivity contribution in [1.29, 1.82) is 0 Å². The Morgan fingerprint density at radius 3 is 2.23 bits per heavy atom. The average Bonchev–Trinajstić information content (AvgIpc) is 2.64. The van der Waals surface area contributed by atoms with Crippen molar-refractivity contribution in [3.8, 4) is 0 Å². The van der Waals surface area contributed by atoms with Crippen LogP contribution in [-0.4, -0.2) is 55.5 Å². The van der Waals surface area contributed by atoms with Crippen LogP contribution < -0.4 is 10.2 Å². The molecule has 0 radical (unpaired) electrons. The summed E-state index contributed by atoms with van der Waals surface area (Å²) in [7, 11) is -3.67. The number of hydrogen-bond acceptors (Lipinski definition) is 4. The molecule has 1 aliphatic carbocycles. The number of carbonyl (C=O) groups excluding carboxylic acids is 2. The normalized spacial score (nSPS) is 24.9. The number of piperazine rings is 1. The molecule has 166 valence electrons. The van der Waals surface area contributed by atoms with Crippen LogP contribution in [0.4, 0.5) is 10.1 Å². The zero-order valence-electron chi connectivity index (χ0n) is 17.6. The Labute approximate surface area is 177 Å². The average molecular weight is 440 g/mol. The number of hydrogen-bond donors (Lipinski definition) is 1. The predicted molar refractivity (Wildman–Crippen MR) is 113 cm³/mol. The standard InChI is InChI=1S/C21H30FN3O4S/c1-21(20(27)23-17-8-6-4-3-5-7-9-17)15-24(30(2,28)29)14-19(26)25(21)18-12-10-16(22)11-13-18/h10-13,17H,3-9,14-15H2,1-2H3,(H,23,27)/t21-/m0/s1. The van der Waals surface area contributed by atoms with Gasteiger partial charge in [-0.2, -0.15) is 4.31 Å². The molecule has 1 aliphatic heterocycles. The van der Waals surface area contributed by atoms with Gasteiger partial charge in [0.2, 0.25) is 21.8 Å². The van der Waals surface area contributed by atoms with Gasteiger partial charge >= 0.3 is 0 Å². The van der Waals surface area contributed by atoms with Crippen LogP contribution in [-0.2, 0) is 19.6 Å². The van der Waals surface area contributed by atoms with Gasteiger partial charge < -0.3 is 5.32 Å². The number of amides is 2. The molecular weight excluding hydrogens is 409 g/mol. The lowest BCUT2D eigenvalue weighted by Gasteiger charge is -2.47. The van der Waals surface area contributed by atoms with E-state index in [4.69, 9.17) is 0 Å². The number of anilines is 1. The molecule has 1 saturated carbocycles. The minimum absolute atomic E-state index is 0.00611. The summed E-state index contributed by atoms with van der Waals surface area (Å²) in [6.07, 6.45) is 8.27. The molecule has 1 N–H and O–H groups in total. The minimum Gasteiger partial charge on any atom is -0.351 e. The molecule has 3 rings (SSSR count). The van der Waals surface area contributed by atoms with Gasteiger partial charge in [0.1, 0.15) is 11.4 Å². The van der Waals surface area contributed by atoms with Gasteiger partial charge in [0, 0.05) is 18.3 Å². The fourth-order valence-electron chi connectivity index (χ4n) is 4.34. The van der Waals surface area contributed by atoms with Gasteiger partial charge in [0.05, 0.1) is 12.8 Å². The molecule has 0 unspecified atom stereocenters. The summed E-state index contributed by atoms with van der Waals surface area (Å²) in [5, 5.41) is 3.07. The quantitative estimate of drug-likeness (QED) is 0.781. The van der Waals surface area contributed by atoms with Gasteiger partial charge in [0.25, 0.3) is 0 Å². The predicted octanol–water partition coefficient (Wildman–Crippen LogP) is 2.42. The zero-order valence-corrected chi connectivity index (χ0v) is 18.4. The third-order valence-corrected chi connectivity index (χ3v) is 7.22. The van der Waals surface area contributed by atoms with Crippen LogP contribution >= 0.6 is 0 Å². The van der Waals surface area contributed by atoms with E-state index < -0.39 is 27.3 Å². The lowest BCUT2D eigenvalue weighted by atomic mass is 9.92. The van der Waals surface area contributed by atoms with E-state index in [1.807, 2.05) is 0 Å². The largest absolute Gasteiger partial charge is 0.351 e. The smallest absolute Gasteiger partial charge is 0.247 e. The summed E-state index contributed by atoms with van der Waals surface area (Å²) < 4.78 is 38.8. The van der Waals surface area contributed by atoms with E-state index in [0.717, 1.165) is 49.1 Å². The van der Waals surface area contributed by atoms with E-state index in [9.17, 15) is 22.4 Å². The first-order valence-corrected chi connectivity index (χ1v) is 12.3. The maximum Gasteiger partial charge on any atom is 0.247 e. The number of sulfonamides is 1. The monoisotopic (exact) mass is 439 g/mol. The van der Waals surface area contributed by atoms with Crippen LogP contribution in [0.3, 0.4) is 0 Å². The number of nitrogens with one attached hydrogen (secondary N) is 1. The highest BCUT2D eigenvalue weighted by Gasteiger charge is 2.50. The Balaban J connectivity index is 1.92. The molecule has 30 heavy (non-hydrogen) atoms. The van der Waals surface area contributed by atoms with Crippen molar-refractivity contribution < 1.29 is 22.4 Å². The number of nitrogens with zero attached hydrogens (tertiary/aromatic N) is 2. The van der Waals surface area contributed by atoms with E-state index in [-0.39, 0.29) is 25.0 Å². The molecule has 2 amide bonds. The zero-order chi connectivity index (χ0) is 21.9. The molecule has 1 aromatic rings. The maximum atomic E-state index is 13.5. The van der Waals surface area contributed by atoms with Gasteiger partial charge in [-0.1, -0.05) is 32.1 Å². The van der Waals surface area contributed by atoms with E-state index >= 15 is 0 Å². The van der Waals surface area contributed by atoms with Gasteiger partial charge in [-0.25, -0.2) is 12.8 Å². The van der Waals surface area contributed by atoms with Crippen molar-refractivity contribution in [2.24, 2.45) is 0 Å². The summed E-state index contributed by atoms with van der Waals surface area (Å²) in [6.45, 7) is 1.06. The number of benzene rings is 1. The number of carbonyl (C=O) groups is 2. The Morgan fingerprint density at radius 1 is 1.10 bits per heavy atom. The number of rotatable bonds is 4. The second-order valence-electron chi connectivity index (χ2n) is 8.53. The SMILES string of the molecule is C[C@@]1(C(=O)NC2CCCCCCC2)CN(S(C)(=O)=O)CC(=O)N1c1ccc(F)cc1. The number of halogens is 1. The first-order valence-electron chi connectivity index (χ1n) is 10.5. The highest BCUT2D eigenvalue weighted by atomic mass is 32.2. The molecule has 1 heterocycles. The van der Waals surface area contributed by atoms with Crippen LogP contribution in [0.1, 0.15) is 51.9 Å². The Morgan fingerprint density at radius 2 is 1.67 bits per heavy atom. The van der Waals surface area contributed by atoms with Crippen molar-refractivity contribution in [3.05, 3.63) is 30.1 Å². The lowest BCUT2D eigenvalue weighted by Crippen LogP contribution is -2.70. The molecule has 7 nitrogen and oxygen atoms in total. The topological polar surface area (TPSA) is 86.8 Å². The molecule has 9 heteroatoms. The molecule has 2 aliphatic rings. The van der Waals surface area contributed by atoms with Gasteiger partial charge in [0.15, 0.2) is 0 Å². The summed E-state index contributed by atoms with van der Waals surface area (Å²) in [6, 6.07) is 5.31. The molecule has 2 fully saturated rings. The Hall–Kier alpha value is -2.00. The van der Waals surface area contributed by atoms with Crippen LogP contribution in [0.2, 0.25) is 0 Å². The summed E-state index contributed by atoms with van der Waals surface area (Å²) in [4.78, 5) is 27.8. The molecule has 1 atom stereocenters. The molecule has 0 spiro atoms. The van der Waals surface area contributed by atoms with Crippen LogP contribution in [0.5, 0.6) is 0 Å². The minimum atomic E-state index is -3.67. The van der Waals surface area contributed by atoms with Crippen LogP contribution in [0.25, 0.3) is 0 Å². The van der Waals surface area contributed by atoms with Gasteiger partial charge in [-0.3, -0.25) is 14.5 Å². The Kier molecular flexibility index (Phi) is 6.81. The molecule has 1 saturated heterocycles. The highest BCUT2D eigenvalue weighted by Crippen LogP contribution is 2.31. The molecule has 0 bridgehead atoms. The third-order valence-electron chi connectivity index (χ3n) is 6.02. The van der Waals surface area contributed by atoms with E-state index in [1.54, 1.807) is 6.92 Å². The molecule has 0 aromatic heterocycles. The second-order valence-corrected chi connectivity index (χ2v) is 10.5. The molecular formula is C21H30FN3O4S. The van der Waals surface area contributed by atoms with E-state index in [0.29, 0.717) is 5.69 Å². The summed E-state index contributed by atoms with van der Waals surface area (Å²) in [5.74, 6) is -1.37. The molecule has 1 aromatic carbocycles. The van der Waals surface area contributed by atoms with Crippen molar-refractivity contribution in [2.75, 3.05) is 24.2 Å². The first kappa shape index (κ1) is 22.7. The van der Waals surface area contributed by atoms with Crippen molar-refractivity contribution in [2.45, 2.75) is 63.5 Å². The summed E-state index contributed by atoms with van der Waals surface area (Å²) in [5.41, 5.74) is -1.08. The van der Waals surface area contributed by atoms with Crippen molar-refractivity contribution in [1.82, 2.24) is 9.62 Å². The van der Waals surface area contributed by atoms with Crippen molar-refractivity contribution in [3.63, 3.8) is 0 Å². The van der Waals surface area contributed by atoms with Gasteiger partial charge in [-0.05, 0) is 44.0 Å². The summed E-state index contributed by atoms with van der Waals surface area (Å²) >= 11 is 0. The van der Waals surface area contributed by atoms with Gasteiger partial charge in [-0.15, -0.1) is 0 Å². The van der Waals surface area contributed by atoms with Crippen LogP contribution in [0.15, 0.2) is 24.3 Å². The highest BCUT2D eigenvalue weighted by molar-refractivity contribution is 7.88. The van der Waals surface area contributed by atoms with E-state index in [1.165, 1.54) is 35.6 Å². The first-order chi connectivity index (χ1) is 14.1. The van der Waals surface area contributed by atoms with Crippen LogP contribution in [0, 0.1) is 5.82 Å². The maximum absolute atomic E-state index is 13.5. The fourth-order valence-corrected chi connectivity index (χ4v) is 5.17. The fraction of sp³-hybridized carbons (Fsp3) is 0.619. The third kappa shape index (κ3) is 5.00. The van der Waals surface area contributed by atoms with E-state index in [2.05, 4.69) is 5.32 Å². The Bertz CT molecular complexity index is 882. The lowest BCUT2D eigenvalue weighted by molar-refractivity contribution is -0.133.